The summed E-state index contributed by atoms with van der Waals surface area (Å²) >= 11 is 2.75. The molecule has 0 saturated heterocycles. The van der Waals surface area contributed by atoms with E-state index in [4.69, 9.17) is 11.5 Å². The summed E-state index contributed by atoms with van der Waals surface area (Å²) in [4.78, 5) is 0. The Kier molecular flexibility index (Phi) is 24.7. The van der Waals surface area contributed by atoms with Crippen LogP contribution in [0.15, 0.2) is 0 Å². The van der Waals surface area contributed by atoms with Gasteiger partial charge in [0.25, 0.3) is 0 Å². The third kappa shape index (κ3) is 1430. The van der Waals surface area contributed by atoms with Gasteiger partial charge >= 0.3 is 47.6 Å². The molecule has 2 N–H and O–H groups in total. The van der Waals surface area contributed by atoms with Gasteiger partial charge in [0, 0.05) is 0 Å². The van der Waals surface area contributed by atoms with E-state index in [1.165, 1.54) is 36.6 Å². The Labute approximate surface area is 111 Å². The molecule has 0 rings (SSSR count). The Hall–Kier alpha value is 1.17. The van der Waals surface area contributed by atoms with Gasteiger partial charge in [-0.15, -0.1) is 11.1 Å². The molecule has 0 aromatic heterocycles. The van der Waals surface area contributed by atoms with Crippen molar-refractivity contribution in [3.05, 3.63) is 11.5 Å². The van der Waals surface area contributed by atoms with E-state index in [0.29, 0.717) is 0 Å². The van der Waals surface area contributed by atoms with Crippen molar-refractivity contribution in [1.29, 1.82) is 0 Å². The molecule has 0 fully saturated rings. The molecular weight excluding hydrogens is 279 g/mol. The Bertz CT molecular complexity index is 59.1. The summed E-state index contributed by atoms with van der Waals surface area (Å²) in [5, 5.41) is 0. The van der Waals surface area contributed by atoms with Gasteiger partial charge in [-0.3, -0.25) is 0 Å². The van der Waals surface area contributed by atoms with E-state index in [9.17, 15) is 0 Å². The van der Waals surface area contributed by atoms with Crippen LogP contribution in [-0.4, -0.2) is 11.1 Å². The normalized spacial score (nSPS) is 9.57. The van der Waals surface area contributed by atoms with E-state index in [-0.39, 0.29) is 11.1 Å². The van der Waals surface area contributed by atoms with Crippen molar-refractivity contribution in [2.45, 2.75) is 63.7 Å². The summed E-state index contributed by atoms with van der Waals surface area (Å²) in [6.07, 6.45) is 0. The van der Waals surface area contributed by atoms with Gasteiger partial charge in [0.2, 0.25) is 0 Å². The van der Waals surface area contributed by atoms with Crippen LogP contribution in [-0.2, 0) is 36.6 Å². The van der Waals surface area contributed by atoms with Crippen LogP contribution in [0.2, 0.25) is 11.0 Å². The summed E-state index contributed by atoms with van der Waals surface area (Å²) in [7, 11) is 0. The Morgan fingerprint density at radius 2 is 0.571 bits per heavy atom. The molecule has 0 unspecified atom stereocenters. The molecule has 80 valence electrons. The Morgan fingerprint density at radius 3 is 0.571 bits per heavy atom. The molecule has 0 aliphatic carbocycles. The second-order valence-electron chi connectivity index (χ2n) is 4.50. The number of rotatable bonds is 0. The van der Waals surface area contributed by atoms with Crippen LogP contribution in [0.5, 0.6) is 0 Å². The molecule has 0 bridgehead atoms. The van der Waals surface area contributed by atoms with E-state index >= 15 is 0 Å². The number of hydrogen-bond acceptors (Lipinski definition) is 0. The number of hydrogen-bond donors (Lipinski definition) is 0. The maximum absolute atomic E-state index is 6.94. The summed E-state index contributed by atoms with van der Waals surface area (Å²) < 4.78 is 0. The summed E-state index contributed by atoms with van der Waals surface area (Å²) in [5.41, 5.74) is 17.6. The topological polar surface area (TPSA) is 47.6 Å². The van der Waals surface area contributed by atoms with Crippen LogP contribution in [0.1, 0.15) is 41.5 Å². The summed E-state index contributed by atoms with van der Waals surface area (Å²) in [5.74, 6) is 0. The van der Waals surface area contributed by atoms with Crippen molar-refractivity contribution in [2.75, 3.05) is 0 Å². The van der Waals surface area contributed by atoms with Gasteiger partial charge in [0.05, 0.1) is 0 Å². The molecule has 0 heterocycles. The average Bonchev–Trinajstić information content (AvgIpc) is 1.88. The van der Waals surface area contributed by atoms with E-state index in [1.54, 1.807) is 0 Å². The molecule has 0 aromatic rings. The van der Waals surface area contributed by atoms with Crippen LogP contribution in [0, 0.1) is 0 Å². The van der Waals surface area contributed by atoms with Crippen LogP contribution >= 0.6 is 0 Å². The third-order valence-electron chi connectivity index (χ3n) is 0. The first-order chi connectivity index (χ1) is 6.00. The zero-order valence-electron chi connectivity index (χ0n) is 11.4. The van der Waals surface area contributed by atoms with Gasteiger partial charge in [-0.1, -0.05) is 41.5 Å². The van der Waals surface area contributed by atoms with Gasteiger partial charge in [0.15, 0.2) is 0 Å². The molecule has 0 radical (unpaired) electrons. The first-order valence-electron chi connectivity index (χ1n) is 4.91. The minimum absolute atomic E-state index is 0.250. The maximum atomic E-state index is 6.94. The van der Waals surface area contributed by atoms with E-state index < -0.39 is 0 Å². The van der Waals surface area contributed by atoms with Gasteiger partial charge in [-0.2, -0.15) is 0 Å². The SMILES string of the molecule is CC(C)(C)[NH-].CC(C)(C)[NH-].[CH3][Zn+].[CH3][Zn+]. The third-order valence-corrected chi connectivity index (χ3v) is 0. The molecule has 0 saturated carbocycles. The minimum atomic E-state index is -0.250. The molecule has 0 spiro atoms. The van der Waals surface area contributed by atoms with E-state index in [1.807, 2.05) is 41.5 Å². The van der Waals surface area contributed by atoms with Crippen molar-refractivity contribution in [3.8, 4) is 0 Å². The fourth-order valence-electron chi connectivity index (χ4n) is 0. The molecule has 0 aliphatic heterocycles. The first-order valence-corrected chi connectivity index (χ1v) is 10.8. The predicted octanol–water partition coefficient (Wildman–Crippen LogP) is 4.84. The quantitative estimate of drug-likeness (QED) is 0.575. The predicted molar refractivity (Wildman–Crippen MR) is 59.9 cm³/mol. The fourth-order valence-corrected chi connectivity index (χ4v) is 0. The fraction of sp³-hybridized carbons (Fsp3) is 1.00. The van der Waals surface area contributed by atoms with Crippen LogP contribution < -0.4 is 0 Å². The van der Waals surface area contributed by atoms with Crippen LogP contribution in [0.3, 0.4) is 0 Å². The molecule has 0 atom stereocenters. The van der Waals surface area contributed by atoms with Crippen molar-refractivity contribution >= 4 is 0 Å². The summed E-state index contributed by atoms with van der Waals surface area (Å²) in [6, 6.07) is 0. The van der Waals surface area contributed by atoms with Crippen molar-refractivity contribution in [2.24, 2.45) is 0 Å². The standard InChI is InChI=1S/2C4H10N.2CH3.2Zn/c2*1-4(2,3)5;;;;/h2*5H,1-3H3;2*1H3;;/q2*-1;;;2*+1. The van der Waals surface area contributed by atoms with Gasteiger partial charge in [0.1, 0.15) is 0 Å². The monoisotopic (exact) mass is 302 g/mol. The molecule has 2 nitrogen and oxygen atoms in total. The second kappa shape index (κ2) is 14.2. The Balaban J connectivity index is -0.0000000528. The van der Waals surface area contributed by atoms with Gasteiger partial charge in [-0.25, -0.2) is 0 Å². The molecule has 0 aliphatic rings. The van der Waals surface area contributed by atoms with Crippen LogP contribution in [0.4, 0.5) is 0 Å². The Morgan fingerprint density at radius 1 is 0.571 bits per heavy atom. The molecular formula is C10H26N2Zn2. The molecule has 4 heteroatoms. The van der Waals surface area contributed by atoms with Crippen molar-refractivity contribution in [3.63, 3.8) is 0 Å². The van der Waals surface area contributed by atoms with Crippen molar-refractivity contribution in [1.82, 2.24) is 0 Å². The van der Waals surface area contributed by atoms with Crippen molar-refractivity contribution < 1.29 is 36.6 Å². The van der Waals surface area contributed by atoms with Crippen LogP contribution in [0.25, 0.3) is 11.5 Å². The molecule has 0 aromatic carbocycles. The molecule has 14 heavy (non-hydrogen) atoms. The molecule has 0 amide bonds. The van der Waals surface area contributed by atoms with E-state index in [0.717, 1.165) is 0 Å². The average molecular weight is 305 g/mol. The zero-order chi connectivity index (χ0) is 13.0. The first kappa shape index (κ1) is 24.4. The van der Waals surface area contributed by atoms with Gasteiger partial charge < -0.3 is 11.5 Å². The summed E-state index contributed by atoms with van der Waals surface area (Å²) in [6.45, 7) is 11.1. The second-order valence-corrected chi connectivity index (χ2v) is 4.50. The zero-order valence-corrected chi connectivity index (χ0v) is 17.3. The van der Waals surface area contributed by atoms with Gasteiger partial charge in [-0.05, 0) is 0 Å². The van der Waals surface area contributed by atoms with E-state index in [2.05, 4.69) is 11.0 Å². The number of nitrogens with one attached hydrogen (secondary N) is 2.